The van der Waals surface area contributed by atoms with Gasteiger partial charge in [0.25, 0.3) is 0 Å². The van der Waals surface area contributed by atoms with Gasteiger partial charge in [-0.1, -0.05) is 29.3 Å². The topological polar surface area (TPSA) is 231 Å². The van der Waals surface area contributed by atoms with Crippen molar-refractivity contribution in [2.45, 2.75) is 86.3 Å². The first-order valence-corrected chi connectivity index (χ1v) is 14.4. The standard InChI is InChI=1S/C26H32Cl2F4O15/c27-10-1-2-11(12(28)3-10)9(6-45-26(31,32)25(29)30)5-43-23-21(40)20(39)18(37)14(47-23)8-44-24-22(41)19(38)17(36)13(46-24)7-42-16(35)4-15(33)34/h1-3,9,13-14,17-25,36-41H,4-8H2,(H,33,34)/t9?,13-,14-,17-,18-,19+,20+,21-,22-,23-,24-/m1/s1. The number of aliphatic carboxylic acids is 1. The summed E-state index contributed by atoms with van der Waals surface area (Å²) in [6, 6.07) is 3.85. The van der Waals surface area contributed by atoms with Gasteiger partial charge in [-0.3, -0.25) is 9.59 Å². The van der Waals surface area contributed by atoms with Gasteiger partial charge in [0.15, 0.2) is 12.6 Å². The number of hydrogen-bond donors (Lipinski definition) is 7. The van der Waals surface area contributed by atoms with Crippen LogP contribution in [-0.2, 0) is 38.0 Å². The van der Waals surface area contributed by atoms with Crippen molar-refractivity contribution in [2.24, 2.45) is 0 Å². The van der Waals surface area contributed by atoms with Gasteiger partial charge >= 0.3 is 24.5 Å². The third-order valence-electron chi connectivity index (χ3n) is 7.06. The molecular formula is C26H32Cl2F4O15. The number of aliphatic hydroxyl groups is 6. The maximum Gasteiger partial charge on any atom is 0.416 e. The molecule has 0 radical (unpaired) electrons. The number of carboxylic acids is 1. The zero-order chi connectivity index (χ0) is 35.2. The summed E-state index contributed by atoms with van der Waals surface area (Å²) in [6.07, 6.45) is -28.1. The Balaban J connectivity index is 1.67. The second kappa shape index (κ2) is 17.1. The second-order valence-corrected chi connectivity index (χ2v) is 11.3. The highest BCUT2D eigenvalue weighted by Crippen LogP contribution is 2.33. The van der Waals surface area contributed by atoms with E-state index in [9.17, 15) is 57.8 Å². The number of ether oxygens (including phenoxy) is 6. The third-order valence-corrected chi connectivity index (χ3v) is 7.62. The van der Waals surface area contributed by atoms with Crippen molar-refractivity contribution < 1.29 is 91.3 Å². The van der Waals surface area contributed by atoms with Crippen molar-refractivity contribution in [3.63, 3.8) is 0 Å². The lowest BCUT2D eigenvalue weighted by atomic mass is 9.98. The van der Waals surface area contributed by atoms with Crippen molar-refractivity contribution in [3.8, 4) is 0 Å². The number of carbonyl (C=O) groups excluding carboxylic acids is 1. The normalized spacial score (nSPS) is 32.3. The quantitative estimate of drug-likeness (QED) is 0.0693. The molecule has 268 valence electrons. The molecule has 2 aliphatic rings. The maximum atomic E-state index is 13.5. The maximum absolute atomic E-state index is 13.5. The highest BCUT2D eigenvalue weighted by Gasteiger charge is 2.48. The number of aliphatic hydroxyl groups excluding tert-OH is 6. The number of halogens is 6. The monoisotopic (exact) mass is 730 g/mol. The van der Waals surface area contributed by atoms with E-state index in [2.05, 4.69) is 9.47 Å². The summed E-state index contributed by atoms with van der Waals surface area (Å²) in [5.41, 5.74) is 0.0688. The molecule has 11 atom stereocenters. The molecular weight excluding hydrogens is 699 g/mol. The van der Waals surface area contributed by atoms with Crippen LogP contribution in [0.3, 0.4) is 0 Å². The molecule has 2 saturated heterocycles. The second-order valence-electron chi connectivity index (χ2n) is 10.5. The van der Waals surface area contributed by atoms with Gasteiger partial charge in [0.1, 0.15) is 61.9 Å². The van der Waals surface area contributed by atoms with Crippen molar-refractivity contribution >= 4 is 35.1 Å². The highest BCUT2D eigenvalue weighted by atomic mass is 35.5. The Morgan fingerprint density at radius 1 is 0.830 bits per heavy atom. The number of hydrogen-bond acceptors (Lipinski definition) is 14. The minimum absolute atomic E-state index is 0.0688. The lowest BCUT2D eigenvalue weighted by molar-refractivity contribution is -0.333. The zero-order valence-corrected chi connectivity index (χ0v) is 25.4. The molecule has 15 nitrogen and oxygen atoms in total. The summed E-state index contributed by atoms with van der Waals surface area (Å²) in [7, 11) is 0. The summed E-state index contributed by atoms with van der Waals surface area (Å²) in [5.74, 6) is -3.99. The van der Waals surface area contributed by atoms with E-state index in [0.29, 0.717) is 0 Å². The summed E-state index contributed by atoms with van der Waals surface area (Å²) in [6.45, 7) is -3.27. The van der Waals surface area contributed by atoms with E-state index in [4.69, 9.17) is 47.3 Å². The molecule has 47 heavy (non-hydrogen) atoms. The molecule has 21 heteroatoms. The summed E-state index contributed by atoms with van der Waals surface area (Å²) < 4.78 is 82.9. The van der Waals surface area contributed by atoms with Gasteiger partial charge in [0.2, 0.25) is 0 Å². The minimum Gasteiger partial charge on any atom is -0.481 e. The van der Waals surface area contributed by atoms with Crippen LogP contribution in [0.4, 0.5) is 17.6 Å². The fourth-order valence-electron chi connectivity index (χ4n) is 4.47. The first kappa shape index (κ1) is 39.5. The molecule has 1 aromatic carbocycles. The van der Waals surface area contributed by atoms with Crippen molar-refractivity contribution in [1.29, 1.82) is 0 Å². The average molecular weight is 731 g/mol. The van der Waals surface area contributed by atoms with Gasteiger partial charge in [-0.15, -0.1) is 0 Å². The Bertz CT molecular complexity index is 1200. The third kappa shape index (κ3) is 10.5. The largest absolute Gasteiger partial charge is 0.481 e. The molecule has 1 unspecified atom stereocenters. The molecule has 0 spiro atoms. The number of carbonyl (C=O) groups is 2. The van der Waals surface area contributed by atoms with Crippen molar-refractivity contribution in [2.75, 3.05) is 26.4 Å². The van der Waals surface area contributed by atoms with Gasteiger partial charge in [0.05, 0.1) is 19.8 Å². The predicted octanol–water partition coefficient (Wildman–Crippen LogP) is -0.382. The van der Waals surface area contributed by atoms with E-state index in [1.54, 1.807) is 0 Å². The Hall–Kier alpha value is -1.98. The van der Waals surface area contributed by atoms with Crippen LogP contribution in [0.25, 0.3) is 0 Å². The molecule has 2 fully saturated rings. The van der Waals surface area contributed by atoms with E-state index in [-0.39, 0.29) is 15.6 Å². The Morgan fingerprint density at radius 2 is 1.38 bits per heavy atom. The lowest BCUT2D eigenvalue weighted by Gasteiger charge is -2.43. The first-order chi connectivity index (χ1) is 21.9. The fraction of sp³-hybridized carbons (Fsp3) is 0.692. The predicted molar refractivity (Wildman–Crippen MR) is 145 cm³/mol. The molecule has 0 bridgehead atoms. The number of rotatable bonds is 15. The van der Waals surface area contributed by atoms with Gasteiger partial charge in [0, 0.05) is 16.0 Å². The van der Waals surface area contributed by atoms with Crippen molar-refractivity contribution in [3.05, 3.63) is 33.8 Å². The molecule has 0 saturated carbocycles. The number of esters is 1. The van der Waals surface area contributed by atoms with Gasteiger partial charge < -0.3 is 64.2 Å². The summed E-state index contributed by atoms with van der Waals surface area (Å²) in [4.78, 5) is 22.2. The molecule has 0 aromatic heterocycles. The first-order valence-electron chi connectivity index (χ1n) is 13.7. The van der Waals surface area contributed by atoms with Crippen LogP contribution in [0.15, 0.2) is 18.2 Å². The Morgan fingerprint density at radius 3 is 1.91 bits per heavy atom. The van der Waals surface area contributed by atoms with Gasteiger partial charge in [-0.05, 0) is 17.7 Å². The van der Waals surface area contributed by atoms with Crippen LogP contribution in [0.2, 0.25) is 10.0 Å². The SMILES string of the molecule is O=C(O)CC(=O)OC[C@H]1O[C@@H](OC[C@H]2O[C@@H](OCC(COC(F)(F)C(F)F)c3ccc(Cl)cc3Cl)[C@H](O)[C@@H](O)[C@@H]2O)[C@H](O)[C@@H](O)[C@@H]1O. The molecule has 2 aliphatic heterocycles. The highest BCUT2D eigenvalue weighted by molar-refractivity contribution is 6.35. The zero-order valence-electron chi connectivity index (χ0n) is 23.9. The molecule has 0 aliphatic carbocycles. The molecule has 0 amide bonds. The number of benzene rings is 1. The van der Waals surface area contributed by atoms with E-state index in [1.165, 1.54) is 18.2 Å². The van der Waals surface area contributed by atoms with Crippen LogP contribution in [0, 0.1) is 0 Å². The number of alkyl halides is 4. The minimum atomic E-state index is -4.84. The summed E-state index contributed by atoms with van der Waals surface area (Å²) >= 11 is 12.0. The molecule has 7 N–H and O–H groups in total. The van der Waals surface area contributed by atoms with E-state index < -0.39 is 125 Å². The Kier molecular flexibility index (Phi) is 14.4. The molecule has 3 rings (SSSR count). The van der Waals surface area contributed by atoms with Crippen LogP contribution in [-0.4, -0.2) is 148 Å². The van der Waals surface area contributed by atoms with E-state index >= 15 is 0 Å². The van der Waals surface area contributed by atoms with E-state index in [0.717, 1.165) is 0 Å². The average Bonchev–Trinajstić information content (AvgIpc) is 2.99. The number of carboxylic acid groups (broad SMARTS) is 1. The van der Waals surface area contributed by atoms with Gasteiger partial charge in [-0.2, -0.15) is 8.78 Å². The molecule has 2 heterocycles. The van der Waals surface area contributed by atoms with Crippen LogP contribution in [0.5, 0.6) is 0 Å². The van der Waals surface area contributed by atoms with E-state index in [1.807, 2.05) is 0 Å². The van der Waals surface area contributed by atoms with Crippen LogP contribution in [0.1, 0.15) is 17.9 Å². The lowest BCUT2D eigenvalue weighted by Crippen LogP contribution is -2.62. The van der Waals surface area contributed by atoms with Crippen molar-refractivity contribution in [1.82, 2.24) is 0 Å². The van der Waals surface area contributed by atoms with Crippen LogP contribution < -0.4 is 0 Å². The van der Waals surface area contributed by atoms with Crippen LogP contribution >= 0.6 is 23.2 Å². The Labute approximate surface area is 273 Å². The fourth-order valence-corrected chi connectivity index (χ4v) is 5.03. The molecule has 1 aromatic rings. The summed E-state index contributed by atoms with van der Waals surface area (Å²) in [5, 5.41) is 70.7. The van der Waals surface area contributed by atoms with Gasteiger partial charge in [-0.25, -0.2) is 8.78 Å². The smallest absolute Gasteiger partial charge is 0.416 e.